The van der Waals surface area contributed by atoms with Gasteiger partial charge in [0.2, 0.25) is 0 Å². The van der Waals surface area contributed by atoms with Gasteiger partial charge in [-0.15, -0.1) is 11.6 Å². The summed E-state index contributed by atoms with van der Waals surface area (Å²) in [6.07, 6.45) is 7.48. The van der Waals surface area contributed by atoms with Crippen LogP contribution in [0.4, 0.5) is 0 Å². The van der Waals surface area contributed by atoms with Crippen molar-refractivity contribution in [2.75, 3.05) is 13.1 Å². The van der Waals surface area contributed by atoms with Gasteiger partial charge in [0.25, 0.3) is 0 Å². The van der Waals surface area contributed by atoms with E-state index in [1.165, 1.54) is 44.1 Å². The van der Waals surface area contributed by atoms with E-state index in [1.54, 1.807) is 0 Å². The van der Waals surface area contributed by atoms with Crippen molar-refractivity contribution in [2.45, 2.75) is 43.9 Å². The Labute approximate surface area is 116 Å². The highest BCUT2D eigenvalue weighted by Crippen LogP contribution is 2.27. The maximum Gasteiger partial charge on any atom is 0.0339 e. The van der Waals surface area contributed by atoms with Crippen LogP contribution in [-0.2, 0) is 6.42 Å². The fourth-order valence-electron chi connectivity index (χ4n) is 2.78. The molecule has 0 heterocycles. The normalized spacial score (nSPS) is 24.1. The third-order valence-corrected chi connectivity index (χ3v) is 4.21. The van der Waals surface area contributed by atoms with E-state index >= 15 is 0 Å². The number of alkyl halides is 1. The molecule has 2 atom stereocenters. The Morgan fingerprint density at radius 3 is 2.78 bits per heavy atom. The summed E-state index contributed by atoms with van der Waals surface area (Å²) in [5.74, 6) is 0.804. The first-order valence-corrected chi connectivity index (χ1v) is 7.67. The van der Waals surface area contributed by atoms with Gasteiger partial charge in [0, 0.05) is 5.38 Å². The first kappa shape index (κ1) is 13.9. The topological polar surface area (TPSA) is 12.0 Å². The van der Waals surface area contributed by atoms with Crippen molar-refractivity contribution >= 4 is 11.6 Å². The number of nitrogens with one attached hydrogen (secondary N) is 1. The van der Waals surface area contributed by atoms with Crippen molar-refractivity contribution < 1.29 is 0 Å². The third kappa shape index (κ3) is 4.99. The monoisotopic (exact) mass is 265 g/mol. The lowest BCUT2D eigenvalue weighted by molar-refractivity contribution is 0.346. The molecule has 1 nitrogen and oxygen atoms in total. The summed E-state index contributed by atoms with van der Waals surface area (Å²) in [5.41, 5.74) is 1.44. The molecular weight excluding hydrogens is 242 g/mol. The molecule has 1 N–H and O–H groups in total. The zero-order valence-electron chi connectivity index (χ0n) is 11.1. The molecule has 18 heavy (non-hydrogen) atoms. The van der Waals surface area contributed by atoms with Gasteiger partial charge in [-0.1, -0.05) is 36.8 Å². The summed E-state index contributed by atoms with van der Waals surface area (Å²) < 4.78 is 0. The molecule has 1 fully saturated rings. The van der Waals surface area contributed by atoms with Gasteiger partial charge >= 0.3 is 0 Å². The molecule has 0 spiro atoms. The lowest BCUT2D eigenvalue weighted by atomic mass is 9.89. The number of hydrogen-bond donors (Lipinski definition) is 1. The van der Waals surface area contributed by atoms with Crippen LogP contribution < -0.4 is 5.32 Å². The predicted molar refractivity (Wildman–Crippen MR) is 79.2 cm³/mol. The van der Waals surface area contributed by atoms with E-state index in [9.17, 15) is 0 Å². The highest BCUT2D eigenvalue weighted by molar-refractivity contribution is 6.20. The molecule has 2 rings (SSSR count). The van der Waals surface area contributed by atoms with Crippen molar-refractivity contribution in [3.8, 4) is 0 Å². The van der Waals surface area contributed by atoms with Crippen LogP contribution in [0, 0.1) is 5.92 Å². The molecule has 2 heteroatoms. The quantitative estimate of drug-likeness (QED) is 0.605. The highest BCUT2D eigenvalue weighted by Gasteiger charge is 2.19. The number of benzene rings is 1. The molecule has 100 valence electrons. The Bertz CT molecular complexity index is 325. The minimum absolute atomic E-state index is 0.426. The van der Waals surface area contributed by atoms with Crippen LogP contribution in [-0.4, -0.2) is 18.5 Å². The number of halogens is 1. The molecule has 0 saturated heterocycles. The smallest absolute Gasteiger partial charge is 0.0339 e. The second-order valence-electron chi connectivity index (χ2n) is 5.42. The van der Waals surface area contributed by atoms with Gasteiger partial charge < -0.3 is 5.32 Å². The molecule has 0 amide bonds. The molecular formula is C16H24ClN. The summed E-state index contributed by atoms with van der Waals surface area (Å²) >= 11 is 6.20. The van der Waals surface area contributed by atoms with Gasteiger partial charge in [-0.05, 0) is 56.7 Å². The molecule has 0 aromatic heterocycles. The molecule has 1 saturated carbocycles. The fourth-order valence-corrected chi connectivity index (χ4v) is 3.19. The van der Waals surface area contributed by atoms with E-state index in [-0.39, 0.29) is 0 Å². The number of rotatable bonds is 6. The Morgan fingerprint density at radius 1 is 1.17 bits per heavy atom. The second-order valence-corrected chi connectivity index (χ2v) is 6.04. The van der Waals surface area contributed by atoms with Crippen LogP contribution in [0.2, 0.25) is 0 Å². The van der Waals surface area contributed by atoms with Gasteiger partial charge in [0.05, 0.1) is 0 Å². The summed E-state index contributed by atoms with van der Waals surface area (Å²) in [4.78, 5) is 0. The zero-order valence-corrected chi connectivity index (χ0v) is 11.8. The minimum atomic E-state index is 0.426. The summed E-state index contributed by atoms with van der Waals surface area (Å²) in [7, 11) is 0. The SMILES string of the molecule is ClC1CCCC(CNCCCc2ccccc2)C1. The lowest BCUT2D eigenvalue weighted by Crippen LogP contribution is -2.28. The Balaban J connectivity index is 1.53. The first-order valence-electron chi connectivity index (χ1n) is 7.23. The van der Waals surface area contributed by atoms with Gasteiger partial charge in [-0.2, -0.15) is 0 Å². The molecule has 1 aliphatic rings. The van der Waals surface area contributed by atoms with Gasteiger partial charge in [0.1, 0.15) is 0 Å². The standard InChI is InChI=1S/C16H24ClN/c17-16-10-4-8-15(12-16)13-18-11-5-9-14-6-2-1-3-7-14/h1-3,6-7,15-16,18H,4-5,8-13H2. The maximum absolute atomic E-state index is 6.20. The van der Waals surface area contributed by atoms with E-state index in [0.29, 0.717) is 5.38 Å². The summed E-state index contributed by atoms with van der Waals surface area (Å²) in [6.45, 7) is 2.27. The highest BCUT2D eigenvalue weighted by atomic mass is 35.5. The predicted octanol–water partition coefficient (Wildman–Crippen LogP) is 4.01. The van der Waals surface area contributed by atoms with Gasteiger partial charge in [-0.25, -0.2) is 0 Å². The second kappa shape index (κ2) is 7.81. The van der Waals surface area contributed by atoms with Crippen LogP contribution in [0.25, 0.3) is 0 Å². The van der Waals surface area contributed by atoms with Crippen LogP contribution in [0.1, 0.15) is 37.7 Å². The number of aryl methyl sites for hydroxylation is 1. The molecule has 1 aliphatic carbocycles. The van der Waals surface area contributed by atoms with Crippen molar-refractivity contribution in [3.63, 3.8) is 0 Å². The zero-order chi connectivity index (χ0) is 12.6. The Morgan fingerprint density at radius 2 is 2.00 bits per heavy atom. The molecule has 0 bridgehead atoms. The average molecular weight is 266 g/mol. The Kier molecular flexibility index (Phi) is 6.02. The van der Waals surface area contributed by atoms with E-state index < -0.39 is 0 Å². The molecule has 0 radical (unpaired) electrons. The molecule has 1 aromatic carbocycles. The van der Waals surface area contributed by atoms with Crippen molar-refractivity contribution in [2.24, 2.45) is 5.92 Å². The van der Waals surface area contributed by atoms with Gasteiger partial charge in [-0.3, -0.25) is 0 Å². The van der Waals surface area contributed by atoms with E-state index in [0.717, 1.165) is 19.0 Å². The van der Waals surface area contributed by atoms with Crippen molar-refractivity contribution in [3.05, 3.63) is 35.9 Å². The Hall–Kier alpha value is -0.530. The molecule has 1 aromatic rings. The minimum Gasteiger partial charge on any atom is -0.316 e. The van der Waals surface area contributed by atoms with E-state index in [2.05, 4.69) is 35.6 Å². The van der Waals surface area contributed by atoms with E-state index in [4.69, 9.17) is 11.6 Å². The van der Waals surface area contributed by atoms with Crippen molar-refractivity contribution in [1.82, 2.24) is 5.32 Å². The molecule has 2 unspecified atom stereocenters. The number of hydrogen-bond acceptors (Lipinski definition) is 1. The van der Waals surface area contributed by atoms with Crippen LogP contribution in [0.5, 0.6) is 0 Å². The fraction of sp³-hybridized carbons (Fsp3) is 0.625. The largest absolute Gasteiger partial charge is 0.316 e. The van der Waals surface area contributed by atoms with E-state index in [1.807, 2.05) is 0 Å². The molecule has 0 aliphatic heterocycles. The lowest BCUT2D eigenvalue weighted by Gasteiger charge is -2.25. The van der Waals surface area contributed by atoms with Crippen molar-refractivity contribution in [1.29, 1.82) is 0 Å². The van der Waals surface area contributed by atoms with Crippen LogP contribution in [0.3, 0.4) is 0 Å². The van der Waals surface area contributed by atoms with Crippen LogP contribution >= 0.6 is 11.6 Å². The summed E-state index contributed by atoms with van der Waals surface area (Å²) in [6, 6.07) is 10.7. The van der Waals surface area contributed by atoms with Crippen LogP contribution in [0.15, 0.2) is 30.3 Å². The third-order valence-electron chi connectivity index (χ3n) is 3.81. The first-order chi connectivity index (χ1) is 8.84. The van der Waals surface area contributed by atoms with Gasteiger partial charge in [0.15, 0.2) is 0 Å². The average Bonchev–Trinajstić information content (AvgIpc) is 2.40. The summed E-state index contributed by atoms with van der Waals surface area (Å²) in [5, 5.41) is 4.01. The maximum atomic E-state index is 6.20.